The molecule has 2 aliphatic heterocycles. The van der Waals surface area contributed by atoms with Crippen LogP contribution in [0, 0.1) is 12.8 Å². The van der Waals surface area contributed by atoms with Crippen molar-refractivity contribution in [3.05, 3.63) is 30.0 Å². The van der Waals surface area contributed by atoms with Gasteiger partial charge in [-0.15, -0.1) is 5.10 Å². The second-order valence-corrected chi connectivity index (χ2v) is 7.54. The van der Waals surface area contributed by atoms with E-state index in [1.807, 2.05) is 19.1 Å². The van der Waals surface area contributed by atoms with Gasteiger partial charge in [-0.1, -0.05) is 18.7 Å². The number of carbonyl (C=O) groups excluding carboxylic acids is 1. The zero-order valence-corrected chi connectivity index (χ0v) is 14.1. The topological polar surface area (TPSA) is 64.2 Å². The number of furan rings is 1. The SMILES string of the molecule is Cc1nc2n(n1)C(=O)C(C(c1ccco1)N1CCCC(C)C1)S2. The summed E-state index contributed by atoms with van der Waals surface area (Å²) in [6.45, 7) is 6.06. The largest absolute Gasteiger partial charge is 0.468 e. The number of fused-ring (bicyclic) bond motifs is 1. The number of aromatic nitrogens is 3. The van der Waals surface area contributed by atoms with Crippen molar-refractivity contribution in [3.8, 4) is 0 Å². The van der Waals surface area contributed by atoms with Gasteiger partial charge in [0.15, 0.2) is 5.16 Å². The van der Waals surface area contributed by atoms with Crippen LogP contribution in [0.25, 0.3) is 0 Å². The molecule has 0 bridgehead atoms. The molecule has 2 aromatic rings. The highest BCUT2D eigenvalue weighted by Gasteiger charge is 2.44. The summed E-state index contributed by atoms with van der Waals surface area (Å²) in [5.41, 5.74) is 0. The summed E-state index contributed by atoms with van der Waals surface area (Å²) in [6.07, 6.45) is 4.09. The molecule has 0 spiro atoms. The summed E-state index contributed by atoms with van der Waals surface area (Å²) in [4.78, 5) is 19.6. The van der Waals surface area contributed by atoms with E-state index in [1.165, 1.54) is 22.9 Å². The number of hydrogen-bond donors (Lipinski definition) is 0. The van der Waals surface area contributed by atoms with E-state index in [0.29, 0.717) is 16.9 Å². The van der Waals surface area contributed by atoms with Gasteiger partial charge in [-0.2, -0.15) is 4.68 Å². The van der Waals surface area contributed by atoms with E-state index in [-0.39, 0.29) is 17.2 Å². The maximum absolute atomic E-state index is 12.8. The van der Waals surface area contributed by atoms with Gasteiger partial charge in [-0.05, 0) is 44.4 Å². The third-order valence-corrected chi connectivity index (χ3v) is 5.76. The van der Waals surface area contributed by atoms with Gasteiger partial charge in [0.1, 0.15) is 16.8 Å². The number of rotatable bonds is 3. The molecule has 3 atom stereocenters. The fraction of sp³-hybridized carbons (Fsp3) is 0.562. The number of likely N-dealkylation sites (tertiary alicyclic amines) is 1. The lowest BCUT2D eigenvalue weighted by Crippen LogP contribution is -2.43. The molecule has 2 aromatic heterocycles. The molecule has 1 fully saturated rings. The summed E-state index contributed by atoms with van der Waals surface area (Å²) in [5.74, 6) is 2.14. The zero-order chi connectivity index (χ0) is 16.0. The lowest BCUT2D eigenvalue weighted by Gasteiger charge is -2.37. The molecule has 0 amide bonds. The van der Waals surface area contributed by atoms with Crippen molar-refractivity contribution in [2.45, 2.75) is 43.1 Å². The Balaban J connectivity index is 1.66. The molecular formula is C16H20N4O2S. The van der Waals surface area contributed by atoms with Crippen LogP contribution in [0.15, 0.2) is 28.0 Å². The first-order valence-electron chi connectivity index (χ1n) is 8.05. The molecule has 6 nitrogen and oxygen atoms in total. The molecule has 0 aliphatic carbocycles. The Labute approximate surface area is 139 Å². The minimum atomic E-state index is -0.248. The minimum Gasteiger partial charge on any atom is -0.468 e. The van der Waals surface area contributed by atoms with Gasteiger partial charge in [-0.25, -0.2) is 4.98 Å². The molecule has 3 unspecified atom stereocenters. The van der Waals surface area contributed by atoms with Crippen molar-refractivity contribution in [3.63, 3.8) is 0 Å². The van der Waals surface area contributed by atoms with E-state index >= 15 is 0 Å². The molecule has 4 heterocycles. The predicted octanol–water partition coefficient (Wildman–Crippen LogP) is 2.77. The first-order valence-corrected chi connectivity index (χ1v) is 8.93. The Kier molecular flexibility index (Phi) is 3.77. The van der Waals surface area contributed by atoms with Gasteiger partial charge in [0.25, 0.3) is 5.91 Å². The second kappa shape index (κ2) is 5.79. The van der Waals surface area contributed by atoms with Gasteiger partial charge in [0.05, 0.1) is 12.3 Å². The van der Waals surface area contributed by atoms with Crippen LogP contribution in [0.3, 0.4) is 0 Å². The van der Waals surface area contributed by atoms with E-state index < -0.39 is 0 Å². The number of carbonyl (C=O) groups is 1. The van der Waals surface area contributed by atoms with Crippen molar-refractivity contribution in [1.29, 1.82) is 0 Å². The quantitative estimate of drug-likeness (QED) is 0.861. The monoisotopic (exact) mass is 332 g/mol. The van der Waals surface area contributed by atoms with Crippen LogP contribution in [-0.4, -0.2) is 43.9 Å². The normalized spacial score (nSPS) is 26.4. The second-order valence-electron chi connectivity index (χ2n) is 6.43. The lowest BCUT2D eigenvalue weighted by atomic mass is 9.96. The number of thioether (sulfide) groups is 1. The molecule has 122 valence electrons. The van der Waals surface area contributed by atoms with Crippen molar-refractivity contribution in [1.82, 2.24) is 19.7 Å². The molecule has 7 heteroatoms. The van der Waals surface area contributed by atoms with Crippen LogP contribution >= 0.6 is 11.8 Å². The van der Waals surface area contributed by atoms with E-state index in [1.54, 1.807) is 6.26 Å². The summed E-state index contributed by atoms with van der Waals surface area (Å²) >= 11 is 1.50. The van der Waals surface area contributed by atoms with Crippen LogP contribution in [0.2, 0.25) is 0 Å². The molecule has 0 aromatic carbocycles. The van der Waals surface area contributed by atoms with Crippen LogP contribution < -0.4 is 0 Å². The van der Waals surface area contributed by atoms with Gasteiger partial charge >= 0.3 is 0 Å². The third kappa shape index (κ3) is 2.61. The van der Waals surface area contributed by atoms with E-state index in [9.17, 15) is 4.79 Å². The van der Waals surface area contributed by atoms with Crippen LogP contribution in [0.4, 0.5) is 0 Å². The average molecular weight is 332 g/mol. The van der Waals surface area contributed by atoms with Gasteiger partial charge < -0.3 is 4.42 Å². The van der Waals surface area contributed by atoms with Crippen molar-refractivity contribution in [2.24, 2.45) is 5.92 Å². The molecule has 0 saturated carbocycles. The van der Waals surface area contributed by atoms with Crippen LogP contribution in [-0.2, 0) is 0 Å². The van der Waals surface area contributed by atoms with Crippen LogP contribution in [0.5, 0.6) is 0 Å². The molecule has 1 saturated heterocycles. The molecule has 2 aliphatic rings. The Morgan fingerprint density at radius 3 is 3.04 bits per heavy atom. The minimum absolute atomic E-state index is 0.00484. The Morgan fingerprint density at radius 1 is 1.48 bits per heavy atom. The number of nitrogens with zero attached hydrogens (tertiary/aromatic N) is 4. The maximum Gasteiger partial charge on any atom is 0.265 e. The van der Waals surface area contributed by atoms with Crippen LogP contribution in [0.1, 0.15) is 42.2 Å². The lowest BCUT2D eigenvalue weighted by molar-refractivity contribution is 0.0756. The van der Waals surface area contributed by atoms with Gasteiger partial charge in [0, 0.05) is 6.54 Å². The fourth-order valence-corrected chi connectivity index (χ4v) is 4.84. The van der Waals surface area contributed by atoms with E-state index in [0.717, 1.165) is 25.3 Å². The number of hydrogen-bond acceptors (Lipinski definition) is 6. The van der Waals surface area contributed by atoms with E-state index in [4.69, 9.17) is 4.42 Å². The standard InChI is InChI=1S/C16H20N4O2S/c1-10-5-3-7-19(9-10)13(12-6-4-8-22-12)14-15(21)20-16(23-14)17-11(2)18-20/h4,6,8,10,13-14H,3,5,7,9H2,1-2H3. The van der Waals surface area contributed by atoms with Crippen molar-refractivity contribution < 1.29 is 9.21 Å². The zero-order valence-electron chi connectivity index (χ0n) is 13.3. The molecule has 23 heavy (non-hydrogen) atoms. The van der Waals surface area contributed by atoms with E-state index in [2.05, 4.69) is 21.9 Å². The van der Waals surface area contributed by atoms with Gasteiger partial charge in [0.2, 0.25) is 0 Å². The van der Waals surface area contributed by atoms with Crippen molar-refractivity contribution >= 4 is 17.7 Å². The molecule has 0 radical (unpaired) electrons. The summed E-state index contributed by atoms with van der Waals surface area (Å²) in [5, 5.41) is 4.68. The summed E-state index contributed by atoms with van der Waals surface area (Å²) in [7, 11) is 0. The predicted molar refractivity (Wildman–Crippen MR) is 86.5 cm³/mol. The Morgan fingerprint density at radius 2 is 2.35 bits per heavy atom. The van der Waals surface area contributed by atoms with Crippen molar-refractivity contribution in [2.75, 3.05) is 13.1 Å². The fourth-order valence-electron chi connectivity index (χ4n) is 3.56. The highest BCUT2D eigenvalue weighted by Crippen LogP contribution is 2.42. The first kappa shape index (κ1) is 15.0. The molecule has 4 rings (SSSR count). The van der Waals surface area contributed by atoms with Gasteiger partial charge in [-0.3, -0.25) is 9.69 Å². The summed E-state index contributed by atoms with van der Waals surface area (Å²) in [6, 6.07) is 3.80. The molecule has 0 N–H and O–H groups in total. The first-order chi connectivity index (χ1) is 11.1. The number of aryl methyl sites for hydroxylation is 1. The Hall–Kier alpha value is -1.60. The third-order valence-electron chi connectivity index (χ3n) is 4.57. The average Bonchev–Trinajstić information content (AvgIpc) is 3.21. The number of piperidine rings is 1. The summed E-state index contributed by atoms with van der Waals surface area (Å²) < 4.78 is 7.14. The highest BCUT2D eigenvalue weighted by atomic mass is 32.2. The highest BCUT2D eigenvalue weighted by molar-refractivity contribution is 8.00. The smallest absolute Gasteiger partial charge is 0.265 e. The Bertz CT molecular complexity index is 712. The molecular weight excluding hydrogens is 312 g/mol. The maximum atomic E-state index is 12.8.